The Kier molecular flexibility index (Phi) is 11.3. The van der Waals surface area contributed by atoms with E-state index in [0.29, 0.717) is 5.56 Å². The molecule has 0 saturated heterocycles. The molecule has 2 amide bonds. The summed E-state index contributed by atoms with van der Waals surface area (Å²) in [5.74, 6) is -1.36. The van der Waals surface area contributed by atoms with Crippen molar-refractivity contribution in [3.63, 3.8) is 0 Å². The van der Waals surface area contributed by atoms with Gasteiger partial charge in [0.15, 0.2) is 0 Å². The minimum atomic E-state index is -4.28. The molecule has 5 rings (SSSR count). The third-order valence-corrected chi connectivity index (χ3v) is 10.6. The summed E-state index contributed by atoms with van der Waals surface area (Å²) in [6, 6.07) is 26.9. The van der Waals surface area contributed by atoms with Crippen LogP contribution in [0.4, 0.5) is 10.1 Å². The van der Waals surface area contributed by atoms with Gasteiger partial charge in [-0.05, 0) is 67.3 Å². The highest BCUT2D eigenvalue weighted by Gasteiger charge is 2.36. The van der Waals surface area contributed by atoms with E-state index in [1.165, 1.54) is 29.2 Å². The number of nitrogens with one attached hydrogen (secondary N) is 1. The number of nitrogens with zero attached hydrogens (tertiary/aromatic N) is 2. The molecule has 0 heterocycles. The van der Waals surface area contributed by atoms with Crippen LogP contribution < -0.4 is 9.62 Å². The lowest BCUT2D eigenvalue weighted by molar-refractivity contribution is -0.140. The number of sulfonamides is 1. The number of hydrogen-bond acceptors (Lipinski definition) is 4. The lowest BCUT2D eigenvalue weighted by Crippen LogP contribution is -2.55. The number of hydrogen-bond donors (Lipinski definition) is 1. The number of benzene rings is 4. The maximum Gasteiger partial charge on any atom is 0.264 e. The van der Waals surface area contributed by atoms with Gasteiger partial charge in [0.1, 0.15) is 18.4 Å². The Morgan fingerprint density at radius 1 is 0.851 bits per heavy atom. The first-order chi connectivity index (χ1) is 22.6. The van der Waals surface area contributed by atoms with Gasteiger partial charge in [0.05, 0.1) is 15.6 Å². The molecule has 0 unspecified atom stereocenters. The summed E-state index contributed by atoms with van der Waals surface area (Å²) in [6.45, 7) is 1.18. The van der Waals surface area contributed by atoms with Crippen molar-refractivity contribution in [2.45, 2.75) is 69.0 Å². The highest BCUT2D eigenvalue weighted by Crippen LogP contribution is 2.31. The van der Waals surface area contributed by atoms with Crippen LogP contribution in [0.5, 0.6) is 0 Å². The van der Waals surface area contributed by atoms with Gasteiger partial charge >= 0.3 is 0 Å². The fourth-order valence-corrected chi connectivity index (χ4v) is 7.61. The largest absolute Gasteiger partial charge is 0.352 e. The van der Waals surface area contributed by atoms with E-state index in [1.807, 2.05) is 37.3 Å². The van der Waals surface area contributed by atoms with E-state index in [4.69, 9.17) is 11.6 Å². The van der Waals surface area contributed by atoms with Crippen molar-refractivity contribution in [2.75, 3.05) is 10.8 Å². The molecule has 4 aromatic rings. The van der Waals surface area contributed by atoms with Crippen molar-refractivity contribution < 1.29 is 22.4 Å². The van der Waals surface area contributed by atoms with Gasteiger partial charge in [-0.3, -0.25) is 13.9 Å². The summed E-state index contributed by atoms with van der Waals surface area (Å²) < 4.78 is 43.3. The fraction of sp³-hybridized carbons (Fsp3) is 0.297. The summed E-state index contributed by atoms with van der Waals surface area (Å²) >= 11 is 6.54. The highest BCUT2D eigenvalue weighted by molar-refractivity contribution is 7.92. The van der Waals surface area contributed by atoms with Crippen molar-refractivity contribution in [2.24, 2.45) is 0 Å². The molecule has 0 bridgehead atoms. The fourth-order valence-electron chi connectivity index (χ4n) is 5.89. The smallest absolute Gasteiger partial charge is 0.264 e. The van der Waals surface area contributed by atoms with Crippen molar-refractivity contribution in [3.05, 3.63) is 131 Å². The molecule has 0 aromatic heterocycles. The summed E-state index contributed by atoms with van der Waals surface area (Å²) in [5.41, 5.74) is 2.44. The van der Waals surface area contributed by atoms with Crippen LogP contribution in [0.3, 0.4) is 0 Å². The third-order valence-electron chi connectivity index (χ3n) is 8.50. The van der Waals surface area contributed by atoms with E-state index >= 15 is 0 Å². The number of carbonyl (C=O) groups is 2. The van der Waals surface area contributed by atoms with Crippen LogP contribution in [0.2, 0.25) is 5.02 Å². The normalized spacial score (nSPS) is 14.3. The molecular formula is C37H39ClFN3O4S. The number of aryl methyl sites for hydroxylation is 1. The van der Waals surface area contributed by atoms with Crippen LogP contribution in [0.25, 0.3) is 0 Å². The topological polar surface area (TPSA) is 86.8 Å². The Morgan fingerprint density at radius 3 is 2.15 bits per heavy atom. The van der Waals surface area contributed by atoms with Crippen molar-refractivity contribution in [1.82, 2.24) is 10.2 Å². The van der Waals surface area contributed by atoms with E-state index in [-0.39, 0.29) is 40.5 Å². The molecule has 1 aliphatic rings. The standard InChI is InChI=1S/C37H39ClFN3O4S/c1-27-16-22-32(23-17-27)47(45,46)42(34-15-9-8-14-33(34)38)26-36(43)41(25-29-18-20-30(39)21-19-29)35(24-28-10-4-2-5-11-28)37(44)40-31-12-6-3-7-13-31/h2,4-5,8-11,14-23,31,35H,3,6-7,12-13,24-26H2,1H3,(H,40,44)/t35-/m0/s1. The van der Waals surface area contributed by atoms with Crippen LogP contribution >= 0.6 is 11.6 Å². The Morgan fingerprint density at radius 2 is 1.49 bits per heavy atom. The summed E-state index contributed by atoms with van der Waals surface area (Å²) in [6.07, 6.45) is 5.04. The molecular weight excluding hydrogens is 637 g/mol. The molecule has 1 aliphatic carbocycles. The molecule has 0 spiro atoms. The number of para-hydroxylation sites is 1. The van der Waals surface area contributed by atoms with Crippen LogP contribution in [0, 0.1) is 12.7 Å². The van der Waals surface area contributed by atoms with E-state index in [9.17, 15) is 22.4 Å². The average Bonchev–Trinajstić information content (AvgIpc) is 3.07. The molecule has 47 heavy (non-hydrogen) atoms. The maximum atomic E-state index is 14.6. The number of carbonyl (C=O) groups excluding carboxylic acids is 2. The number of halogens is 2. The van der Waals surface area contributed by atoms with Gasteiger partial charge in [-0.15, -0.1) is 0 Å². The second-order valence-corrected chi connectivity index (χ2v) is 14.2. The first-order valence-corrected chi connectivity index (χ1v) is 17.7. The predicted molar refractivity (Wildman–Crippen MR) is 183 cm³/mol. The van der Waals surface area contributed by atoms with Crippen LogP contribution in [0.15, 0.2) is 108 Å². The molecule has 246 valence electrons. The Bertz CT molecular complexity index is 1760. The molecule has 1 saturated carbocycles. The van der Waals surface area contributed by atoms with E-state index in [2.05, 4.69) is 5.32 Å². The van der Waals surface area contributed by atoms with Gasteiger partial charge in [-0.1, -0.05) is 103 Å². The van der Waals surface area contributed by atoms with Crippen molar-refractivity contribution in [1.29, 1.82) is 0 Å². The minimum Gasteiger partial charge on any atom is -0.352 e. The number of anilines is 1. The van der Waals surface area contributed by atoms with E-state index in [1.54, 1.807) is 48.5 Å². The van der Waals surface area contributed by atoms with Gasteiger partial charge in [-0.25, -0.2) is 12.8 Å². The molecule has 1 atom stereocenters. The van der Waals surface area contributed by atoms with Crippen molar-refractivity contribution in [3.8, 4) is 0 Å². The second-order valence-electron chi connectivity index (χ2n) is 12.0. The van der Waals surface area contributed by atoms with Gasteiger partial charge in [0.2, 0.25) is 11.8 Å². The summed E-state index contributed by atoms with van der Waals surface area (Å²) in [4.78, 5) is 30.1. The Labute approximate surface area is 281 Å². The van der Waals surface area contributed by atoms with Gasteiger partial charge in [0.25, 0.3) is 10.0 Å². The van der Waals surface area contributed by atoms with E-state index < -0.39 is 34.3 Å². The third kappa shape index (κ3) is 8.78. The van der Waals surface area contributed by atoms with Crippen molar-refractivity contribution >= 4 is 39.1 Å². The molecule has 1 fully saturated rings. The first kappa shape index (κ1) is 34.1. The maximum absolute atomic E-state index is 14.6. The Balaban J connectivity index is 1.56. The first-order valence-electron chi connectivity index (χ1n) is 15.8. The molecule has 10 heteroatoms. The second kappa shape index (κ2) is 15.6. The Hall–Kier alpha value is -4.21. The lowest BCUT2D eigenvalue weighted by atomic mass is 9.94. The predicted octanol–water partition coefficient (Wildman–Crippen LogP) is 7.07. The quantitative estimate of drug-likeness (QED) is 0.174. The molecule has 4 aromatic carbocycles. The number of amides is 2. The minimum absolute atomic E-state index is 0.00298. The molecule has 0 aliphatic heterocycles. The zero-order valence-corrected chi connectivity index (χ0v) is 27.9. The number of rotatable bonds is 12. The zero-order chi connectivity index (χ0) is 33.4. The SMILES string of the molecule is Cc1ccc(S(=O)(=O)N(CC(=O)N(Cc2ccc(F)cc2)[C@@H](Cc2ccccc2)C(=O)NC2CCCCC2)c2ccccc2Cl)cc1. The van der Waals surface area contributed by atoms with Crippen LogP contribution in [-0.4, -0.2) is 43.8 Å². The van der Waals surface area contributed by atoms with E-state index in [0.717, 1.165) is 47.5 Å². The summed E-state index contributed by atoms with van der Waals surface area (Å²) in [7, 11) is -4.28. The molecule has 0 radical (unpaired) electrons. The summed E-state index contributed by atoms with van der Waals surface area (Å²) in [5, 5.41) is 3.33. The van der Waals surface area contributed by atoms with Crippen LogP contribution in [0.1, 0.15) is 48.8 Å². The highest BCUT2D eigenvalue weighted by atomic mass is 35.5. The zero-order valence-electron chi connectivity index (χ0n) is 26.3. The van der Waals surface area contributed by atoms with Gasteiger partial charge in [-0.2, -0.15) is 0 Å². The van der Waals surface area contributed by atoms with Crippen LogP contribution in [-0.2, 0) is 32.6 Å². The monoisotopic (exact) mass is 675 g/mol. The molecule has 7 nitrogen and oxygen atoms in total. The van der Waals surface area contributed by atoms with Gasteiger partial charge < -0.3 is 10.2 Å². The molecule has 1 N–H and O–H groups in total. The lowest BCUT2D eigenvalue weighted by Gasteiger charge is -2.35. The average molecular weight is 676 g/mol. The van der Waals surface area contributed by atoms with Gasteiger partial charge in [0, 0.05) is 19.0 Å².